The van der Waals surface area contributed by atoms with Gasteiger partial charge in [-0.05, 0) is 20.3 Å². The number of ether oxygens (including phenoxy) is 2. The Kier molecular flexibility index (Phi) is 14.5. The lowest BCUT2D eigenvalue weighted by Crippen LogP contribution is -2.65. The van der Waals surface area contributed by atoms with Gasteiger partial charge >= 0.3 is 0 Å². The van der Waals surface area contributed by atoms with E-state index in [1.807, 2.05) is 13.8 Å². The van der Waals surface area contributed by atoms with E-state index in [9.17, 15) is 20.1 Å². The van der Waals surface area contributed by atoms with Crippen molar-refractivity contribution in [3.63, 3.8) is 0 Å². The molecule has 0 aromatic heterocycles. The van der Waals surface area contributed by atoms with Gasteiger partial charge in [-0.3, -0.25) is 4.79 Å². The Morgan fingerprint density at radius 3 is 1.97 bits per heavy atom. The summed E-state index contributed by atoms with van der Waals surface area (Å²) in [4.78, 5) is 12.3. The van der Waals surface area contributed by atoms with Crippen molar-refractivity contribution >= 4 is 5.91 Å². The number of hydrogen-bond acceptors (Lipinski definition) is 6. The number of carbonyl (C=O) groups is 1. The number of amides is 1. The zero-order valence-corrected chi connectivity index (χ0v) is 19.2. The molecule has 1 fully saturated rings. The van der Waals surface area contributed by atoms with Gasteiger partial charge in [-0.25, -0.2) is 0 Å². The third-order valence-corrected chi connectivity index (χ3v) is 5.62. The highest BCUT2D eigenvalue weighted by Gasteiger charge is 2.45. The van der Waals surface area contributed by atoms with Crippen LogP contribution in [-0.2, 0) is 14.3 Å². The van der Waals surface area contributed by atoms with Crippen molar-refractivity contribution in [3.8, 4) is 0 Å². The van der Waals surface area contributed by atoms with Crippen LogP contribution in [0.5, 0.6) is 0 Å². The van der Waals surface area contributed by atoms with Crippen LogP contribution in [0.3, 0.4) is 0 Å². The first-order chi connectivity index (χ1) is 14.4. The average Bonchev–Trinajstić information content (AvgIpc) is 2.71. The Bertz CT molecular complexity index is 447. The molecule has 0 bridgehead atoms. The standard InChI is InChI=1S/C23H45NO6/c1-4-5-6-7-8-9-10-11-12-13-14-15-19(26)24-20-22(28)21(27)18(16-25)30-23(20)29-17(2)3/h17-18,20-23,25,27-28H,4-16H2,1-3H3,(H,24,26)/t18-,20-,21-,22-,23+/m1/s1. The number of unbranched alkanes of at least 4 members (excludes halogenated alkanes) is 10. The molecule has 1 aliphatic heterocycles. The quantitative estimate of drug-likeness (QED) is 0.280. The lowest BCUT2D eigenvalue weighted by Gasteiger charge is -2.42. The van der Waals surface area contributed by atoms with E-state index in [1.54, 1.807) is 0 Å². The van der Waals surface area contributed by atoms with Crippen LogP contribution in [0.2, 0.25) is 0 Å². The molecule has 1 heterocycles. The third-order valence-electron chi connectivity index (χ3n) is 5.62. The summed E-state index contributed by atoms with van der Waals surface area (Å²) in [6.45, 7) is 5.44. The van der Waals surface area contributed by atoms with Crippen LogP contribution in [0.4, 0.5) is 0 Å². The number of rotatable bonds is 16. The van der Waals surface area contributed by atoms with Gasteiger partial charge in [0.2, 0.25) is 5.91 Å². The van der Waals surface area contributed by atoms with Crippen molar-refractivity contribution in [2.24, 2.45) is 0 Å². The predicted octanol–water partition coefficient (Wildman–Crippen LogP) is 3.04. The summed E-state index contributed by atoms with van der Waals surface area (Å²) in [5.41, 5.74) is 0. The van der Waals surface area contributed by atoms with Crippen molar-refractivity contribution in [1.82, 2.24) is 5.32 Å². The van der Waals surface area contributed by atoms with E-state index < -0.39 is 37.3 Å². The molecule has 7 nitrogen and oxygen atoms in total. The van der Waals surface area contributed by atoms with Crippen molar-refractivity contribution < 1.29 is 29.6 Å². The minimum absolute atomic E-state index is 0.189. The Morgan fingerprint density at radius 2 is 1.47 bits per heavy atom. The Labute approximate surface area is 182 Å². The fourth-order valence-electron chi connectivity index (χ4n) is 3.83. The van der Waals surface area contributed by atoms with Crippen LogP contribution in [0, 0.1) is 0 Å². The highest BCUT2D eigenvalue weighted by molar-refractivity contribution is 5.76. The molecule has 1 saturated heterocycles. The first-order valence-corrected chi connectivity index (χ1v) is 12.0. The maximum Gasteiger partial charge on any atom is 0.220 e. The summed E-state index contributed by atoms with van der Waals surface area (Å²) in [6.07, 6.45) is 9.16. The molecule has 1 amide bonds. The number of hydrogen-bond donors (Lipinski definition) is 4. The number of carbonyl (C=O) groups excluding carboxylic acids is 1. The fourth-order valence-corrected chi connectivity index (χ4v) is 3.83. The largest absolute Gasteiger partial charge is 0.394 e. The molecule has 0 saturated carbocycles. The highest BCUT2D eigenvalue weighted by Crippen LogP contribution is 2.23. The smallest absolute Gasteiger partial charge is 0.220 e. The molecular weight excluding hydrogens is 386 g/mol. The van der Waals surface area contributed by atoms with Crippen LogP contribution in [-0.4, -0.2) is 64.6 Å². The monoisotopic (exact) mass is 431 g/mol. The lowest BCUT2D eigenvalue weighted by molar-refractivity contribution is -0.278. The zero-order chi connectivity index (χ0) is 22.4. The first-order valence-electron chi connectivity index (χ1n) is 12.0. The zero-order valence-electron chi connectivity index (χ0n) is 19.2. The summed E-state index contributed by atoms with van der Waals surface area (Å²) in [5, 5.41) is 32.6. The topological polar surface area (TPSA) is 108 Å². The first kappa shape index (κ1) is 27.3. The molecule has 1 rings (SSSR count). The molecule has 4 N–H and O–H groups in total. The van der Waals surface area contributed by atoms with Gasteiger partial charge in [0, 0.05) is 6.42 Å². The van der Waals surface area contributed by atoms with E-state index in [4.69, 9.17) is 9.47 Å². The van der Waals surface area contributed by atoms with E-state index in [0.717, 1.165) is 19.3 Å². The van der Waals surface area contributed by atoms with Crippen LogP contribution in [0.1, 0.15) is 97.8 Å². The van der Waals surface area contributed by atoms with E-state index in [1.165, 1.54) is 51.4 Å². The van der Waals surface area contributed by atoms with Crippen LogP contribution < -0.4 is 5.32 Å². The second-order valence-electron chi connectivity index (χ2n) is 8.77. The SMILES string of the molecule is CCCCCCCCCCCCCC(=O)N[C@H]1[C@@H](OC(C)C)O[C@H](CO)[C@@H](O)[C@@H]1O. The average molecular weight is 432 g/mol. The molecule has 0 spiro atoms. The van der Waals surface area contributed by atoms with E-state index >= 15 is 0 Å². The van der Waals surface area contributed by atoms with Gasteiger partial charge in [0.25, 0.3) is 0 Å². The highest BCUT2D eigenvalue weighted by atomic mass is 16.7. The summed E-state index contributed by atoms with van der Waals surface area (Å²) in [5.74, 6) is -0.189. The van der Waals surface area contributed by atoms with Crippen molar-refractivity contribution in [1.29, 1.82) is 0 Å². The molecule has 0 unspecified atom stereocenters. The molecule has 30 heavy (non-hydrogen) atoms. The van der Waals surface area contributed by atoms with E-state index in [-0.39, 0.29) is 12.0 Å². The van der Waals surface area contributed by atoms with Crippen molar-refractivity contribution in [2.75, 3.05) is 6.61 Å². The van der Waals surface area contributed by atoms with Crippen LogP contribution in [0.15, 0.2) is 0 Å². The molecule has 0 radical (unpaired) electrons. The minimum atomic E-state index is -1.28. The fraction of sp³-hybridized carbons (Fsp3) is 0.957. The van der Waals surface area contributed by atoms with Gasteiger partial charge < -0.3 is 30.1 Å². The Morgan fingerprint density at radius 1 is 0.933 bits per heavy atom. The third kappa shape index (κ3) is 10.5. The van der Waals surface area contributed by atoms with Crippen molar-refractivity contribution in [3.05, 3.63) is 0 Å². The normalized spacial score (nSPS) is 26.8. The van der Waals surface area contributed by atoms with E-state index in [2.05, 4.69) is 12.2 Å². The van der Waals surface area contributed by atoms with Gasteiger partial charge in [-0.1, -0.05) is 71.1 Å². The van der Waals surface area contributed by atoms with Gasteiger partial charge in [0.05, 0.1) is 12.7 Å². The van der Waals surface area contributed by atoms with Gasteiger partial charge in [0.15, 0.2) is 6.29 Å². The number of aliphatic hydroxyl groups excluding tert-OH is 3. The van der Waals surface area contributed by atoms with E-state index in [0.29, 0.717) is 6.42 Å². The van der Waals surface area contributed by atoms with Gasteiger partial charge in [0.1, 0.15) is 24.4 Å². The second-order valence-corrected chi connectivity index (χ2v) is 8.77. The second kappa shape index (κ2) is 16.0. The summed E-state index contributed by atoms with van der Waals surface area (Å²) >= 11 is 0. The molecule has 0 aromatic rings. The molecule has 0 aromatic carbocycles. The Hall–Kier alpha value is -0.730. The minimum Gasteiger partial charge on any atom is -0.394 e. The number of nitrogens with one attached hydrogen (secondary N) is 1. The van der Waals surface area contributed by atoms with Crippen LogP contribution >= 0.6 is 0 Å². The molecule has 7 heteroatoms. The van der Waals surface area contributed by atoms with Crippen LogP contribution in [0.25, 0.3) is 0 Å². The summed E-state index contributed by atoms with van der Waals surface area (Å²) in [6, 6.07) is -0.870. The molecular formula is C23H45NO6. The summed E-state index contributed by atoms with van der Waals surface area (Å²) in [7, 11) is 0. The molecule has 0 aliphatic carbocycles. The van der Waals surface area contributed by atoms with Gasteiger partial charge in [-0.15, -0.1) is 0 Å². The number of aliphatic hydroxyl groups is 3. The van der Waals surface area contributed by atoms with Gasteiger partial charge in [-0.2, -0.15) is 0 Å². The predicted molar refractivity (Wildman–Crippen MR) is 117 cm³/mol. The van der Waals surface area contributed by atoms with Crippen molar-refractivity contribution in [2.45, 2.75) is 135 Å². The molecule has 1 aliphatic rings. The summed E-state index contributed by atoms with van der Waals surface area (Å²) < 4.78 is 11.2. The maximum atomic E-state index is 12.3. The maximum absolute atomic E-state index is 12.3. The Balaban J connectivity index is 2.25. The molecule has 178 valence electrons. The molecule has 5 atom stereocenters. The lowest BCUT2D eigenvalue weighted by atomic mass is 9.96.